The average molecular weight is 439 g/mol. The van der Waals surface area contributed by atoms with E-state index >= 15 is 0 Å². The highest BCUT2D eigenvalue weighted by Crippen LogP contribution is 2.51. The minimum atomic E-state index is 0.0211. The van der Waals surface area contributed by atoms with Crippen LogP contribution in [-0.4, -0.2) is 9.55 Å². The van der Waals surface area contributed by atoms with Crippen LogP contribution in [0.25, 0.3) is 44.9 Å². The van der Waals surface area contributed by atoms with Gasteiger partial charge in [-0.15, -0.1) is 0 Å². The minimum absolute atomic E-state index is 0.0211. The van der Waals surface area contributed by atoms with Crippen LogP contribution in [0.2, 0.25) is 0 Å². The molecule has 1 aliphatic carbocycles. The van der Waals surface area contributed by atoms with Gasteiger partial charge in [0.2, 0.25) is 0 Å². The van der Waals surface area contributed by atoms with E-state index in [0.29, 0.717) is 0 Å². The standard InChI is InChI=1S/C32H26N2/c1-4-5-8-22-19-24(21-33-20-22)23-11-13-25(14-12-23)34-18-17-27-30(34)16-15-29-31(27)26-9-6-7-10-28(26)32(29,2)3/h4-21H,1H2,2-3H3/b8-5-. The van der Waals surface area contributed by atoms with Crippen LogP contribution in [0.1, 0.15) is 30.5 Å². The summed E-state index contributed by atoms with van der Waals surface area (Å²) in [5.41, 5.74) is 11.3. The van der Waals surface area contributed by atoms with E-state index in [1.165, 1.54) is 33.2 Å². The highest BCUT2D eigenvalue weighted by atomic mass is 15.0. The van der Waals surface area contributed by atoms with E-state index in [2.05, 4.69) is 109 Å². The quantitative estimate of drug-likeness (QED) is 0.259. The van der Waals surface area contributed by atoms with Crippen molar-refractivity contribution in [3.05, 3.63) is 127 Å². The number of aromatic nitrogens is 2. The first-order chi connectivity index (χ1) is 16.6. The number of benzene rings is 3. The molecule has 3 aromatic carbocycles. The molecule has 1 aliphatic rings. The molecular weight excluding hydrogens is 412 g/mol. The second kappa shape index (κ2) is 7.71. The number of hydrogen-bond acceptors (Lipinski definition) is 1. The van der Waals surface area contributed by atoms with Crippen LogP contribution in [0.5, 0.6) is 0 Å². The molecule has 0 radical (unpaired) electrons. The van der Waals surface area contributed by atoms with E-state index in [1.54, 1.807) is 6.08 Å². The Labute approximate surface area is 200 Å². The van der Waals surface area contributed by atoms with Gasteiger partial charge >= 0.3 is 0 Å². The van der Waals surface area contributed by atoms with Crippen LogP contribution in [0.4, 0.5) is 0 Å². The third kappa shape index (κ3) is 3.07. The highest BCUT2D eigenvalue weighted by Gasteiger charge is 2.36. The summed E-state index contributed by atoms with van der Waals surface area (Å²) in [6, 6.07) is 26.6. The first kappa shape index (κ1) is 20.4. The molecular formula is C32H26N2. The molecule has 0 spiro atoms. The molecule has 2 nitrogen and oxygen atoms in total. The van der Waals surface area contributed by atoms with Gasteiger partial charge in [-0.2, -0.15) is 0 Å². The van der Waals surface area contributed by atoms with Crippen molar-refractivity contribution >= 4 is 17.0 Å². The molecule has 0 N–H and O–H groups in total. The zero-order valence-corrected chi connectivity index (χ0v) is 19.5. The van der Waals surface area contributed by atoms with Gasteiger partial charge in [-0.25, -0.2) is 0 Å². The lowest BCUT2D eigenvalue weighted by atomic mass is 9.82. The van der Waals surface area contributed by atoms with Crippen molar-refractivity contribution in [2.45, 2.75) is 19.3 Å². The fourth-order valence-electron chi connectivity index (χ4n) is 5.34. The van der Waals surface area contributed by atoms with Crippen LogP contribution >= 0.6 is 0 Å². The summed E-state index contributed by atoms with van der Waals surface area (Å²) in [5, 5.41) is 1.31. The molecule has 0 atom stereocenters. The predicted octanol–water partition coefficient (Wildman–Crippen LogP) is 8.20. The molecule has 0 unspecified atom stereocenters. The smallest absolute Gasteiger partial charge is 0.0534 e. The van der Waals surface area contributed by atoms with Crippen molar-refractivity contribution in [3.63, 3.8) is 0 Å². The largest absolute Gasteiger partial charge is 0.317 e. The summed E-state index contributed by atoms with van der Waals surface area (Å²) < 4.78 is 2.29. The van der Waals surface area contributed by atoms with Crippen molar-refractivity contribution < 1.29 is 0 Å². The molecule has 0 amide bonds. The van der Waals surface area contributed by atoms with Crippen molar-refractivity contribution in [3.8, 4) is 27.9 Å². The molecule has 0 bridgehead atoms. The topological polar surface area (TPSA) is 17.8 Å². The van der Waals surface area contributed by atoms with E-state index in [9.17, 15) is 0 Å². The van der Waals surface area contributed by atoms with E-state index < -0.39 is 0 Å². The fraction of sp³-hybridized carbons (Fsp3) is 0.0938. The van der Waals surface area contributed by atoms with E-state index in [0.717, 1.165) is 22.4 Å². The zero-order valence-electron chi connectivity index (χ0n) is 19.5. The number of pyridine rings is 1. The molecule has 2 aromatic heterocycles. The molecule has 0 fully saturated rings. The third-order valence-electron chi connectivity index (χ3n) is 7.08. The zero-order chi connectivity index (χ0) is 23.3. The van der Waals surface area contributed by atoms with Crippen molar-refractivity contribution in [1.82, 2.24) is 9.55 Å². The summed E-state index contributed by atoms with van der Waals surface area (Å²) >= 11 is 0. The Kier molecular flexibility index (Phi) is 4.63. The molecule has 34 heavy (non-hydrogen) atoms. The predicted molar refractivity (Wildman–Crippen MR) is 143 cm³/mol. The average Bonchev–Trinajstić information content (AvgIpc) is 3.40. The van der Waals surface area contributed by atoms with Gasteiger partial charge in [-0.3, -0.25) is 4.98 Å². The maximum Gasteiger partial charge on any atom is 0.0534 e. The molecule has 2 heteroatoms. The molecule has 5 aromatic rings. The van der Waals surface area contributed by atoms with E-state index in [4.69, 9.17) is 0 Å². The fourth-order valence-corrected chi connectivity index (χ4v) is 5.34. The normalized spacial score (nSPS) is 13.8. The summed E-state index contributed by atoms with van der Waals surface area (Å²) in [6.07, 6.45) is 11.7. The van der Waals surface area contributed by atoms with Crippen LogP contribution < -0.4 is 0 Å². The van der Waals surface area contributed by atoms with Crippen LogP contribution in [0.3, 0.4) is 0 Å². The number of allylic oxidation sites excluding steroid dienone is 2. The number of nitrogens with zero attached hydrogens (tertiary/aromatic N) is 2. The van der Waals surface area contributed by atoms with Crippen molar-refractivity contribution in [1.29, 1.82) is 0 Å². The summed E-state index contributed by atoms with van der Waals surface area (Å²) in [5.74, 6) is 0. The highest BCUT2D eigenvalue weighted by molar-refractivity contribution is 6.02. The molecule has 2 heterocycles. The van der Waals surface area contributed by atoms with Gasteiger partial charge in [0.25, 0.3) is 0 Å². The van der Waals surface area contributed by atoms with E-state index in [-0.39, 0.29) is 5.41 Å². The number of fused-ring (bicyclic) bond motifs is 5. The molecule has 164 valence electrons. The third-order valence-corrected chi connectivity index (χ3v) is 7.08. The van der Waals surface area contributed by atoms with Gasteiger partial charge in [0.1, 0.15) is 0 Å². The Bertz CT molecular complexity index is 1580. The van der Waals surface area contributed by atoms with Crippen LogP contribution in [-0.2, 0) is 5.41 Å². The molecule has 6 rings (SSSR count). The minimum Gasteiger partial charge on any atom is -0.317 e. The lowest BCUT2D eigenvalue weighted by Gasteiger charge is -2.21. The Morgan fingerprint density at radius 1 is 0.853 bits per heavy atom. The van der Waals surface area contributed by atoms with Gasteiger partial charge < -0.3 is 4.57 Å². The van der Waals surface area contributed by atoms with Gasteiger partial charge in [0, 0.05) is 40.6 Å². The maximum absolute atomic E-state index is 4.40. The summed E-state index contributed by atoms with van der Waals surface area (Å²) in [7, 11) is 0. The number of rotatable bonds is 4. The Balaban J connectivity index is 1.42. The lowest BCUT2D eigenvalue weighted by molar-refractivity contribution is 0.661. The summed E-state index contributed by atoms with van der Waals surface area (Å²) in [4.78, 5) is 4.40. The molecule has 0 saturated heterocycles. The second-order valence-corrected chi connectivity index (χ2v) is 9.43. The SMILES string of the molecule is C=C/C=C\c1cncc(-c2ccc(-n3ccc4c5c(ccc43)C(C)(C)c3ccccc3-5)cc2)c1. The maximum atomic E-state index is 4.40. The van der Waals surface area contributed by atoms with E-state index in [1.807, 2.05) is 24.5 Å². The van der Waals surface area contributed by atoms with Gasteiger partial charge in [0.05, 0.1) is 5.52 Å². The van der Waals surface area contributed by atoms with Gasteiger partial charge in [0.15, 0.2) is 0 Å². The molecule has 0 aliphatic heterocycles. The Morgan fingerprint density at radius 2 is 1.68 bits per heavy atom. The van der Waals surface area contributed by atoms with Crippen LogP contribution in [0, 0.1) is 0 Å². The summed E-state index contributed by atoms with van der Waals surface area (Å²) in [6.45, 7) is 8.40. The molecule has 0 saturated carbocycles. The second-order valence-electron chi connectivity index (χ2n) is 9.43. The lowest BCUT2D eigenvalue weighted by Crippen LogP contribution is -2.14. The Hall–Kier alpha value is -4.17. The monoisotopic (exact) mass is 438 g/mol. The van der Waals surface area contributed by atoms with Crippen molar-refractivity contribution in [2.24, 2.45) is 0 Å². The van der Waals surface area contributed by atoms with Gasteiger partial charge in [-0.05, 0) is 63.7 Å². The first-order valence-electron chi connectivity index (χ1n) is 11.7. The Morgan fingerprint density at radius 3 is 2.50 bits per heavy atom. The van der Waals surface area contributed by atoms with Crippen LogP contribution in [0.15, 0.2) is 110 Å². The van der Waals surface area contributed by atoms with Gasteiger partial charge in [-0.1, -0.05) is 81.1 Å². The first-order valence-corrected chi connectivity index (χ1v) is 11.7. The van der Waals surface area contributed by atoms with Crippen molar-refractivity contribution in [2.75, 3.05) is 0 Å². The number of hydrogen-bond donors (Lipinski definition) is 0.